The molecule has 0 spiro atoms. The van der Waals surface area contributed by atoms with Crippen LogP contribution in [0.3, 0.4) is 0 Å². The molecule has 0 bridgehead atoms. The molecule has 1 aromatic rings. The summed E-state index contributed by atoms with van der Waals surface area (Å²) in [5.41, 5.74) is 3.79. The molecule has 0 aromatic heterocycles. The van der Waals surface area contributed by atoms with Crippen LogP contribution in [0.15, 0.2) is 24.3 Å². The minimum atomic E-state index is -1.42. The maximum absolute atomic E-state index is 10.1. The van der Waals surface area contributed by atoms with Gasteiger partial charge in [0.05, 0.1) is 6.10 Å². The van der Waals surface area contributed by atoms with Crippen LogP contribution < -0.4 is 0 Å². The molecule has 0 fully saturated rings. The third-order valence-corrected chi connectivity index (χ3v) is 3.30. The fraction of sp³-hybridized carbons (Fsp3) is 0.429. The van der Waals surface area contributed by atoms with Crippen molar-refractivity contribution in [3.05, 3.63) is 29.8 Å². The van der Waals surface area contributed by atoms with Crippen LogP contribution in [0.1, 0.15) is 18.6 Å². The number of rotatable bonds is 2. The van der Waals surface area contributed by atoms with E-state index in [2.05, 4.69) is 31.1 Å². The van der Waals surface area contributed by atoms with Gasteiger partial charge in [-0.15, -0.1) is 11.5 Å². The highest BCUT2D eigenvalue weighted by molar-refractivity contribution is 6.83. The summed E-state index contributed by atoms with van der Waals surface area (Å²) in [7, 11) is -1.42. The van der Waals surface area contributed by atoms with Crippen molar-refractivity contribution in [2.45, 2.75) is 32.7 Å². The standard InChI is InChI=1S/C14H20O2Si/c1-11(9-10-17(2,3)4)14(16)12-7-5-6-8-13(12)15/h5-8,11,14-16H,1-4H3. The number of hydrogen-bond acceptors (Lipinski definition) is 2. The molecule has 0 amide bonds. The van der Waals surface area contributed by atoms with E-state index in [9.17, 15) is 10.2 Å². The highest BCUT2D eigenvalue weighted by Crippen LogP contribution is 2.28. The fourth-order valence-electron chi connectivity index (χ4n) is 1.42. The van der Waals surface area contributed by atoms with Gasteiger partial charge >= 0.3 is 0 Å². The molecule has 0 saturated heterocycles. The molecule has 2 N–H and O–H groups in total. The number of aromatic hydroxyl groups is 1. The molecule has 3 heteroatoms. The van der Waals surface area contributed by atoms with Gasteiger partial charge in [0.2, 0.25) is 0 Å². The SMILES string of the molecule is CC(C#C[Si](C)(C)C)C(O)c1ccccc1O. The Morgan fingerprint density at radius 2 is 1.76 bits per heavy atom. The number of phenols is 1. The Labute approximate surface area is 104 Å². The van der Waals surface area contributed by atoms with Crippen LogP contribution in [0.2, 0.25) is 19.6 Å². The average Bonchev–Trinajstić information content (AvgIpc) is 2.24. The van der Waals surface area contributed by atoms with Crippen LogP contribution in [-0.2, 0) is 0 Å². The van der Waals surface area contributed by atoms with Crippen molar-refractivity contribution in [1.29, 1.82) is 0 Å². The lowest BCUT2D eigenvalue weighted by Crippen LogP contribution is -2.17. The lowest BCUT2D eigenvalue weighted by molar-refractivity contribution is 0.140. The summed E-state index contributed by atoms with van der Waals surface area (Å²) in [5.74, 6) is 3.05. The number of phenolic OH excluding ortho intramolecular Hbond substituents is 1. The second-order valence-electron chi connectivity index (χ2n) is 5.31. The summed E-state index contributed by atoms with van der Waals surface area (Å²) in [4.78, 5) is 0. The van der Waals surface area contributed by atoms with E-state index < -0.39 is 14.2 Å². The van der Waals surface area contributed by atoms with Gasteiger partial charge in [0.25, 0.3) is 0 Å². The molecule has 2 atom stereocenters. The monoisotopic (exact) mass is 248 g/mol. The van der Waals surface area contributed by atoms with Crippen LogP contribution in [0.4, 0.5) is 0 Å². The summed E-state index contributed by atoms with van der Waals surface area (Å²) in [6.45, 7) is 8.38. The van der Waals surface area contributed by atoms with E-state index in [4.69, 9.17) is 0 Å². The van der Waals surface area contributed by atoms with E-state index in [0.29, 0.717) is 5.56 Å². The summed E-state index contributed by atoms with van der Waals surface area (Å²) in [5, 5.41) is 19.8. The smallest absolute Gasteiger partial charge is 0.129 e. The first-order valence-corrected chi connectivity index (χ1v) is 9.30. The van der Waals surface area contributed by atoms with E-state index in [1.807, 2.05) is 6.92 Å². The van der Waals surface area contributed by atoms with Crippen molar-refractivity contribution >= 4 is 8.07 Å². The molecule has 1 aromatic carbocycles. The van der Waals surface area contributed by atoms with Gasteiger partial charge in [-0.1, -0.05) is 37.8 Å². The van der Waals surface area contributed by atoms with Gasteiger partial charge in [0.1, 0.15) is 13.8 Å². The number of para-hydroxylation sites is 1. The van der Waals surface area contributed by atoms with Gasteiger partial charge < -0.3 is 10.2 Å². The summed E-state index contributed by atoms with van der Waals surface area (Å²) < 4.78 is 0. The third kappa shape index (κ3) is 4.26. The Kier molecular flexibility index (Phi) is 4.38. The Bertz CT molecular complexity index is 438. The molecule has 1 rings (SSSR count). The average molecular weight is 248 g/mol. The van der Waals surface area contributed by atoms with Crippen LogP contribution in [0, 0.1) is 17.4 Å². The van der Waals surface area contributed by atoms with Gasteiger partial charge in [-0.2, -0.15) is 0 Å². The number of aliphatic hydroxyl groups is 1. The largest absolute Gasteiger partial charge is 0.508 e. The number of benzene rings is 1. The van der Waals surface area contributed by atoms with Gasteiger partial charge in [0, 0.05) is 11.5 Å². The maximum Gasteiger partial charge on any atom is 0.129 e. The zero-order valence-corrected chi connectivity index (χ0v) is 11.9. The van der Waals surface area contributed by atoms with E-state index in [1.54, 1.807) is 24.3 Å². The zero-order chi connectivity index (χ0) is 13.1. The minimum absolute atomic E-state index is 0.127. The van der Waals surface area contributed by atoms with Crippen LogP contribution in [0.5, 0.6) is 5.75 Å². The van der Waals surface area contributed by atoms with E-state index in [1.165, 1.54) is 0 Å². The quantitative estimate of drug-likeness (QED) is 0.624. The highest BCUT2D eigenvalue weighted by atomic mass is 28.3. The fourth-order valence-corrected chi connectivity index (χ4v) is 2.08. The first-order valence-electron chi connectivity index (χ1n) is 5.80. The molecular weight excluding hydrogens is 228 g/mol. The lowest BCUT2D eigenvalue weighted by atomic mass is 9.97. The predicted octanol–water partition coefficient (Wildman–Crippen LogP) is 2.94. The third-order valence-electron chi connectivity index (χ3n) is 2.40. The van der Waals surface area contributed by atoms with Gasteiger partial charge in [0.15, 0.2) is 0 Å². The minimum Gasteiger partial charge on any atom is -0.508 e. The molecule has 0 heterocycles. The highest BCUT2D eigenvalue weighted by Gasteiger charge is 2.18. The first kappa shape index (κ1) is 13.8. The second kappa shape index (κ2) is 5.39. The maximum atomic E-state index is 10.1. The lowest BCUT2D eigenvalue weighted by Gasteiger charge is -2.16. The van der Waals surface area contributed by atoms with Crippen molar-refractivity contribution in [2.75, 3.05) is 0 Å². The molecule has 0 aliphatic heterocycles. The Morgan fingerprint density at radius 3 is 2.29 bits per heavy atom. The molecule has 2 nitrogen and oxygen atoms in total. The van der Waals surface area contributed by atoms with Crippen LogP contribution in [0.25, 0.3) is 0 Å². The van der Waals surface area contributed by atoms with Crippen molar-refractivity contribution < 1.29 is 10.2 Å². The molecular formula is C14H20O2Si. The van der Waals surface area contributed by atoms with Gasteiger partial charge in [-0.05, 0) is 13.0 Å². The van der Waals surface area contributed by atoms with Gasteiger partial charge in [-0.25, -0.2) is 0 Å². The Hall–Kier alpha value is -1.24. The van der Waals surface area contributed by atoms with Crippen molar-refractivity contribution in [2.24, 2.45) is 5.92 Å². The van der Waals surface area contributed by atoms with Crippen molar-refractivity contribution in [3.63, 3.8) is 0 Å². The molecule has 92 valence electrons. The van der Waals surface area contributed by atoms with E-state index in [-0.39, 0.29) is 11.7 Å². The molecule has 0 saturated carbocycles. The second-order valence-corrected chi connectivity index (χ2v) is 10.1. The molecule has 2 unspecified atom stereocenters. The molecule has 0 radical (unpaired) electrons. The normalized spacial score (nSPS) is 14.6. The Morgan fingerprint density at radius 1 is 1.18 bits per heavy atom. The topological polar surface area (TPSA) is 40.5 Å². The van der Waals surface area contributed by atoms with E-state index >= 15 is 0 Å². The molecule has 0 aliphatic carbocycles. The zero-order valence-electron chi connectivity index (χ0n) is 10.9. The summed E-state index contributed by atoms with van der Waals surface area (Å²) in [6.07, 6.45) is -0.736. The number of hydrogen-bond donors (Lipinski definition) is 2. The molecule has 17 heavy (non-hydrogen) atoms. The van der Waals surface area contributed by atoms with Crippen LogP contribution in [-0.4, -0.2) is 18.3 Å². The Balaban J connectivity index is 2.87. The van der Waals surface area contributed by atoms with Crippen molar-refractivity contribution in [1.82, 2.24) is 0 Å². The summed E-state index contributed by atoms with van der Waals surface area (Å²) >= 11 is 0. The molecule has 0 aliphatic rings. The first-order chi connectivity index (χ1) is 7.81. The number of aliphatic hydroxyl groups excluding tert-OH is 1. The van der Waals surface area contributed by atoms with Crippen molar-refractivity contribution in [3.8, 4) is 17.2 Å². The van der Waals surface area contributed by atoms with Crippen LogP contribution >= 0.6 is 0 Å². The predicted molar refractivity (Wildman–Crippen MR) is 73.4 cm³/mol. The van der Waals surface area contributed by atoms with E-state index in [0.717, 1.165) is 0 Å². The van der Waals surface area contributed by atoms with Gasteiger partial charge in [-0.3, -0.25) is 0 Å². The summed E-state index contributed by atoms with van der Waals surface area (Å²) in [6, 6.07) is 6.85.